The van der Waals surface area contributed by atoms with Gasteiger partial charge in [0.05, 0.1) is 5.25 Å². The monoisotopic (exact) mass is 312 g/mol. The van der Waals surface area contributed by atoms with Crippen LogP contribution in [-0.4, -0.2) is 24.8 Å². The van der Waals surface area contributed by atoms with E-state index in [1.165, 1.54) is 6.92 Å². The molecule has 0 bridgehead atoms. The van der Waals surface area contributed by atoms with E-state index in [-0.39, 0.29) is 5.92 Å². The lowest BCUT2D eigenvalue weighted by atomic mass is 10.2. The van der Waals surface area contributed by atoms with Gasteiger partial charge in [-0.3, -0.25) is 4.79 Å². The fraction of sp³-hybridized carbons (Fsp3) is 0.533. The van der Waals surface area contributed by atoms with E-state index in [1.54, 1.807) is 25.1 Å². The number of sulfone groups is 1. The smallest absolute Gasteiger partial charge is 0.242 e. The fourth-order valence-corrected chi connectivity index (χ4v) is 3.63. The van der Waals surface area contributed by atoms with Crippen LogP contribution >= 0.6 is 0 Å². The second-order valence-electron chi connectivity index (χ2n) is 5.57. The minimum absolute atomic E-state index is 0.0363. The van der Waals surface area contributed by atoms with E-state index in [9.17, 15) is 13.2 Å². The first-order valence-corrected chi connectivity index (χ1v) is 8.63. The number of rotatable bonds is 6. The summed E-state index contributed by atoms with van der Waals surface area (Å²) in [5.41, 5.74) is 6.97. The standard InChI is InChI=1S/C15H24N2O3S/c1-10(2)11(3)21(19,20)12(4)15(18)17-14-7-5-6-13(8-14)9-16/h5-8,10-12H,9,16H2,1-4H3,(H,17,18). The van der Waals surface area contributed by atoms with Crippen LogP contribution in [0.3, 0.4) is 0 Å². The van der Waals surface area contributed by atoms with Crippen LogP contribution in [0.5, 0.6) is 0 Å². The zero-order valence-corrected chi connectivity index (χ0v) is 13.8. The maximum atomic E-state index is 12.3. The highest BCUT2D eigenvalue weighted by Gasteiger charge is 2.34. The Bertz CT molecular complexity index is 597. The van der Waals surface area contributed by atoms with Crippen molar-refractivity contribution in [2.75, 3.05) is 5.32 Å². The zero-order valence-electron chi connectivity index (χ0n) is 13.0. The molecule has 0 radical (unpaired) electrons. The summed E-state index contributed by atoms with van der Waals surface area (Å²) in [6.07, 6.45) is 0. The molecule has 6 heteroatoms. The van der Waals surface area contributed by atoms with Crippen molar-refractivity contribution in [2.45, 2.75) is 44.7 Å². The molecule has 118 valence electrons. The van der Waals surface area contributed by atoms with Crippen LogP contribution < -0.4 is 11.1 Å². The average Bonchev–Trinajstić information content (AvgIpc) is 2.45. The van der Waals surface area contributed by atoms with Crippen LogP contribution in [0.15, 0.2) is 24.3 Å². The molecule has 3 N–H and O–H groups in total. The summed E-state index contributed by atoms with van der Waals surface area (Å²) >= 11 is 0. The van der Waals surface area contributed by atoms with E-state index in [0.29, 0.717) is 12.2 Å². The topological polar surface area (TPSA) is 89.3 Å². The van der Waals surface area contributed by atoms with Crippen LogP contribution in [0.1, 0.15) is 33.3 Å². The molecule has 1 amide bonds. The van der Waals surface area contributed by atoms with Crippen molar-refractivity contribution >= 4 is 21.4 Å². The first-order chi connectivity index (χ1) is 9.70. The van der Waals surface area contributed by atoms with Gasteiger partial charge in [-0.05, 0) is 37.5 Å². The maximum Gasteiger partial charge on any atom is 0.242 e. The second-order valence-corrected chi connectivity index (χ2v) is 8.20. The normalized spacial score (nSPS) is 14.8. The van der Waals surface area contributed by atoms with Gasteiger partial charge in [0.1, 0.15) is 5.25 Å². The molecule has 2 unspecified atom stereocenters. The summed E-state index contributed by atoms with van der Waals surface area (Å²) < 4.78 is 24.7. The van der Waals surface area contributed by atoms with E-state index in [0.717, 1.165) is 5.56 Å². The SMILES string of the molecule is CC(C)C(C)S(=O)(=O)C(C)C(=O)Nc1cccc(CN)c1. The van der Waals surface area contributed by atoms with Crippen molar-refractivity contribution in [3.8, 4) is 0 Å². The predicted octanol–water partition coefficient (Wildman–Crippen LogP) is 1.93. The van der Waals surface area contributed by atoms with Gasteiger partial charge in [0.15, 0.2) is 9.84 Å². The lowest BCUT2D eigenvalue weighted by Crippen LogP contribution is -2.39. The van der Waals surface area contributed by atoms with Gasteiger partial charge >= 0.3 is 0 Å². The van der Waals surface area contributed by atoms with Gasteiger partial charge in [0, 0.05) is 12.2 Å². The van der Waals surface area contributed by atoms with Gasteiger partial charge < -0.3 is 11.1 Å². The van der Waals surface area contributed by atoms with E-state index in [4.69, 9.17) is 5.73 Å². The number of nitrogens with two attached hydrogens (primary N) is 1. The fourth-order valence-electron chi connectivity index (χ4n) is 1.87. The number of carbonyl (C=O) groups is 1. The lowest BCUT2D eigenvalue weighted by molar-refractivity contribution is -0.115. The molecule has 0 heterocycles. The van der Waals surface area contributed by atoms with Gasteiger partial charge in [0.25, 0.3) is 0 Å². The molecule has 1 aromatic carbocycles. The minimum Gasteiger partial charge on any atom is -0.326 e. The molecule has 1 rings (SSSR count). The molecular weight excluding hydrogens is 288 g/mol. The van der Waals surface area contributed by atoms with Crippen LogP contribution in [0.4, 0.5) is 5.69 Å². The maximum absolute atomic E-state index is 12.3. The summed E-state index contributed by atoms with van der Waals surface area (Å²) in [6, 6.07) is 7.07. The Morgan fingerprint density at radius 2 is 1.86 bits per heavy atom. The molecule has 0 aliphatic rings. The molecule has 0 saturated heterocycles. The summed E-state index contributed by atoms with van der Waals surface area (Å²) in [4.78, 5) is 12.2. The van der Waals surface area contributed by atoms with E-state index >= 15 is 0 Å². The number of amides is 1. The number of benzene rings is 1. The van der Waals surface area contributed by atoms with Gasteiger partial charge in [-0.25, -0.2) is 8.42 Å². The van der Waals surface area contributed by atoms with Crippen molar-refractivity contribution in [1.82, 2.24) is 0 Å². The molecule has 0 aromatic heterocycles. The largest absolute Gasteiger partial charge is 0.326 e. The van der Waals surface area contributed by atoms with Crippen LogP contribution in [0.25, 0.3) is 0 Å². The van der Waals surface area contributed by atoms with Gasteiger partial charge in [-0.1, -0.05) is 26.0 Å². The highest BCUT2D eigenvalue weighted by atomic mass is 32.2. The van der Waals surface area contributed by atoms with Gasteiger partial charge in [0.2, 0.25) is 5.91 Å². The average molecular weight is 312 g/mol. The summed E-state index contributed by atoms with van der Waals surface area (Å²) in [5, 5.41) is 0.995. The third kappa shape index (κ3) is 4.28. The van der Waals surface area contributed by atoms with Crippen LogP contribution in [-0.2, 0) is 21.2 Å². The van der Waals surface area contributed by atoms with Crippen molar-refractivity contribution in [1.29, 1.82) is 0 Å². The van der Waals surface area contributed by atoms with Crippen molar-refractivity contribution < 1.29 is 13.2 Å². The highest BCUT2D eigenvalue weighted by Crippen LogP contribution is 2.19. The molecule has 2 atom stereocenters. The molecule has 0 aliphatic heterocycles. The first kappa shape index (κ1) is 17.7. The van der Waals surface area contributed by atoms with Crippen molar-refractivity contribution in [2.24, 2.45) is 11.7 Å². The van der Waals surface area contributed by atoms with Crippen molar-refractivity contribution in [3.63, 3.8) is 0 Å². The molecule has 0 saturated carbocycles. The summed E-state index contributed by atoms with van der Waals surface area (Å²) in [5.74, 6) is -0.553. The van der Waals surface area contributed by atoms with Crippen LogP contribution in [0.2, 0.25) is 0 Å². The Morgan fingerprint density at radius 3 is 2.38 bits per heavy atom. The van der Waals surface area contributed by atoms with E-state index in [1.807, 2.05) is 19.9 Å². The summed E-state index contributed by atoms with van der Waals surface area (Å²) in [7, 11) is -3.51. The quantitative estimate of drug-likeness (QED) is 0.840. The van der Waals surface area contributed by atoms with E-state index < -0.39 is 26.2 Å². The summed E-state index contributed by atoms with van der Waals surface area (Å²) in [6.45, 7) is 7.09. The molecule has 0 aliphatic carbocycles. The molecule has 1 aromatic rings. The number of carbonyl (C=O) groups excluding carboxylic acids is 1. The van der Waals surface area contributed by atoms with Gasteiger partial charge in [-0.2, -0.15) is 0 Å². The molecule has 0 fully saturated rings. The number of anilines is 1. The van der Waals surface area contributed by atoms with Gasteiger partial charge in [-0.15, -0.1) is 0 Å². The molecule has 21 heavy (non-hydrogen) atoms. The second kappa shape index (κ2) is 7.04. The minimum atomic E-state index is -3.51. The Kier molecular flexibility index (Phi) is 5.92. The number of hydrogen-bond donors (Lipinski definition) is 2. The van der Waals surface area contributed by atoms with Crippen LogP contribution in [0, 0.1) is 5.92 Å². The van der Waals surface area contributed by atoms with Crippen molar-refractivity contribution in [3.05, 3.63) is 29.8 Å². The number of hydrogen-bond acceptors (Lipinski definition) is 4. The first-order valence-electron chi connectivity index (χ1n) is 7.02. The molecule has 0 spiro atoms. The Hall–Kier alpha value is -1.40. The Balaban J connectivity index is 2.88. The Labute approximate surface area is 126 Å². The molecular formula is C15H24N2O3S. The molecule has 5 nitrogen and oxygen atoms in total. The third-order valence-corrected chi connectivity index (χ3v) is 6.53. The third-order valence-electron chi connectivity index (χ3n) is 3.75. The Morgan fingerprint density at radius 1 is 1.24 bits per heavy atom. The zero-order chi connectivity index (χ0) is 16.2. The number of nitrogens with one attached hydrogen (secondary N) is 1. The van der Waals surface area contributed by atoms with E-state index in [2.05, 4.69) is 5.32 Å². The lowest BCUT2D eigenvalue weighted by Gasteiger charge is -2.21. The highest BCUT2D eigenvalue weighted by molar-refractivity contribution is 7.93. The predicted molar refractivity (Wildman–Crippen MR) is 85.6 cm³/mol.